The molecule has 7 nitrogen and oxygen atoms in total. The Morgan fingerprint density at radius 2 is 1.88 bits per heavy atom. The molecule has 0 aliphatic carbocycles. The number of para-hydroxylation sites is 2. The number of nitrogens with zero attached hydrogens (tertiary/aromatic N) is 4. The van der Waals surface area contributed by atoms with Crippen molar-refractivity contribution in [1.82, 2.24) is 9.97 Å². The molecule has 0 saturated carbocycles. The van der Waals surface area contributed by atoms with Crippen molar-refractivity contribution in [3.63, 3.8) is 0 Å². The second kappa shape index (κ2) is 10.7. The highest BCUT2D eigenvalue weighted by Gasteiger charge is 2.21. The molecule has 2 heterocycles. The van der Waals surface area contributed by atoms with Crippen LogP contribution in [0.1, 0.15) is 0 Å². The summed E-state index contributed by atoms with van der Waals surface area (Å²) >= 11 is 7.29. The molecule has 1 N–H and O–H groups in total. The zero-order valence-electron chi connectivity index (χ0n) is 18.0. The summed E-state index contributed by atoms with van der Waals surface area (Å²) in [6, 6.07) is 13.7. The Bertz CT molecular complexity index is 1130. The number of aromatic nitrogens is 2. The van der Waals surface area contributed by atoms with Gasteiger partial charge in [-0.15, -0.1) is 0 Å². The summed E-state index contributed by atoms with van der Waals surface area (Å²) in [4.78, 5) is 25.4. The summed E-state index contributed by atoms with van der Waals surface area (Å²) in [6.07, 6.45) is 1.51. The largest absolute Gasteiger partial charge is 0.495 e. The van der Waals surface area contributed by atoms with Crippen molar-refractivity contribution in [1.29, 1.82) is 0 Å². The van der Waals surface area contributed by atoms with Crippen LogP contribution in [0.15, 0.2) is 59.9 Å². The first kappa shape index (κ1) is 23.1. The van der Waals surface area contributed by atoms with E-state index in [0.717, 1.165) is 43.4 Å². The van der Waals surface area contributed by atoms with Gasteiger partial charge in [-0.3, -0.25) is 4.79 Å². The molecule has 0 radical (unpaired) electrons. The minimum absolute atomic E-state index is 0.116. The van der Waals surface area contributed by atoms with Gasteiger partial charge in [0, 0.05) is 32.2 Å². The van der Waals surface area contributed by atoms with Crippen molar-refractivity contribution < 1.29 is 13.9 Å². The van der Waals surface area contributed by atoms with Gasteiger partial charge >= 0.3 is 0 Å². The molecular formula is C23H23ClFN5O2S. The highest BCUT2D eigenvalue weighted by molar-refractivity contribution is 7.99. The molecule has 1 aliphatic heterocycles. The summed E-state index contributed by atoms with van der Waals surface area (Å²) in [5, 5.41) is 3.60. The molecule has 1 saturated heterocycles. The van der Waals surface area contributed by atoms with Gasteiger partial charge in [0.2, 0.25) is 5.91 Å². The second-order valence-electron chi connectivity index (χ2n) is 7.32. The van der Waals surface area contributed by atoms with Gasteiger partial charge in [-0.1, -0.05) is 35.5 Å². The van der Waals surface area contributed by atoms with E-state index < -0.39 is 5.82 Å². The average molecular weight is 488 g/mol. The fraction of sp³-hybridized carbons (Fsp3) is 0.261. The molecule has 0 bridgehead atoms. The Hall–Kier alpha value is -3.04. The number of nitrogens with one attached hydrogen (secondary N) is 1. The lowest BCUT2D eigenvalue weighted by Gasteiger charge is -2.37. The van der Waals surface area contributed by atoms with E-state index in [1.165, 1.54) is 36.3 Å². The molecule has 0 atom stereocenters. The van der Waals surface area contributed by atoms with Gasteiger partial charge in [0.1, 0.15) is 28.7 Å². The normalized spacial score (nSPS) is 13.7. The van der Waals surface area contributed by atoms with E-state index in [2.05, 4.69) is 31.2 Å². The number of carbonyl (C=O) groups excluding carboxylic acids is 1. The third-order valence-corrected chi connectivity index (χ3v) is 6.47. The lowest BCUT2D eigenvalue weighted by molar-refractivity contribution is -0.113. The predicted octanol–water partition coefficient (Wildman–Crippen LogP) is 4.34. The molecule has 4 rings (SSSR count). The Morgan fingerprint density at radius 3 is 2.67 bits per heavy atom. The van der Waals surface area contributed by atoms with Crippen LogP contribution in [-0.2, 0) is 4.79 Å². The first-order valence-corrected chi connectivity index (χ1v) is 11.7. The first-order valence-electron chi connectivity index (χ1n) is 10.4. The van der Waals surface area contributed by atoms with E-state index in [9.17, 15) is 9.18 Å². The molecule has 1 amide bonds. The van der Waals surface area contributed by atoms with Crippen LogP contribution in [0.2, 0.25) is 5.02 Å². The van der Waals surface area contributed by atoms with E-state index in [1.54, 1.807) is 7.11 Å². The Kier molecular flexibility index (Phi) is 7.51. The highest BCUT2D eigenvalue weighted by atomic mass is 35.5. The smallest absolute Gasteiger partial charge is 0.234 e. The monoisotopic (exact) mass is 487 g/mol. The minimum Gasteiger partial charge on any atom is -0.495 e. The van der Waals surface area contributed by atoms with Crippen LogP contribution in [0.3, 0.4) is 0 Å². The molecule has 3 aromatic rings. The van der Waals surface area contributed by atoms with Crippen molar-refractivity contribution in [3.8, 4) is 5.75 Å². The lowest BCUT2D eigenvalue weighted by Crippen LogP contribution is -2.47. The van der Waals surface area contributed by atoms with Crippen molar-refractivity contribution >= 4 is 46.5 Å². The maximum atomic E-state index is 13.4. The zero-order valence-corrected chi connectivity index (χ0v) is 19.6. The van der Waals surface area contributed by atoms with Gasteiger partial charge in [0.15, 0.2) is 0 Å². The Labute approximate surface area is 200 Å². The van der Waals surface area contributed by atoms with Gasteiger partial charge < -0.3 is 19.9 Å². The summed E-state index contributed by atoms with van der Waals surface area (Å²) in [7, 11) is 1.68. The molecule has 33 heavy (non-hydrogen) atoms. The number of thioether (sulfide) groups is 1. The third kappa shape index (κ3) is 5.85. The Balaban J connectivity index is 1.33. The number of anilines is 3. The fourth-order valence-corrected chi connectivity index (χ4v) is 4.39. The Morgan fingerprint density at radius 1 is 1.12 bits per heavy atom. The van der Waals surface area contributed by atoms with Crippen LogP contribution < -0.4 is 19.9 Å². The molecule has 10 heteroatoms. The molecule has 0 spiro atoms. The van der Waals surface area contributed by atoms with Gasteiger partial charge in [0.25, 0.3) is 0 Å². The van der Waals surface area contributed by atoms with Crippen LogP contribution >= 0.6 is 23.4 Å². The predicted molar refractivity (Wildman–Crippen MR) is 130 cm³/mol. The molecule has 1 fully saturated rings. The third-order valence-electron chi connectivity index (χ3n) is 5.21. The van der Waals surface area contributed by atoms with Gasteiger partial charge in [-0.05, 0) is 30.3 Å². The number of halogens is 2. The molecule has 172 valence electrons. The van der Waals surface area contributed by atoms with E-state index in [4.69, 9.17) is 16.3 Å². The molecule has 1 aliphatic rings. The van der Waals surface area contributed by atoms with Crippen LogP contribution in [0.5, 0.6) is 5.75 Å². The number of rotatable bonds is 7. The lowest BCUT2D eigenvalue weighted by atomic mass is 10.2. The fourth-order valence-electron chi connectivity index (χ4n) is 3.57. The number of carbonyl (C=O) groups is 1. The molecule has 1 aromatic heterocycles. The van der Waals surface area contributed by atoms with Crippen molar-refractivity contribution in [2.24, 2.45) is 0 Å². The summed E-state index contributed by atoms with van der Waals surface area (Å²) in [5.74, 6) is 1.04. The summed E-state index contributed by atoms with van der Waals surface area (Å²) in [5.41, 5.74) is 1.33. The number of ether oxygens (including phenoxy) is 1. The van der Waals surface area contributed by atoms with Crippen molar-refractivity contribution in [2.75, 3.05) is 54.2 Å². The van der Waals surface area contributed by atoms with Gasteiger partial charge in [0.05, 0.1) is 29.3 Å². The average Bonchev–Trinajstić information content (AvgIpc) is 2.85. The number of hydrogen-bond acceptors (Lipinski definition) is 7. The number of piperazine rings is 1. The minimum atomic E-state index is -0.464. The number of benzene rings is 2. The molecule has 0 unspecified atom stereocenters. The van der Waals surface area contributed by atoms with Crippen molar-refractivity contribution in [3.05, 3.63) is 65.7 Å². The topological polar surface area (TPSA) is 70.6 Å². The maximum absolute atomic E-state index is 13.4. The van der Waals surface area contributed by atoms with Gasteiger partial charge in [-0.25, -0.2) is 14.4 Å². The van der Waals surface area contributed by atoms with Crippen LogP contribution in [0.4, 0.5) is 21.6 Å². The van der Waals surface area contributed by atoms with E-state index in [-0.39, 0.29) is 22.4 Å². The second-order valence-corrected chi connectivity index (χ2v) is 8.72. The zero-order chi connectivity index (χ0) is 23.2. The summed E-state index contributed by atoms with van der Waals surface area (Å²) < 4.78 is 18.9. The van der Waals surface area contributed by atoms with E-state index >= 15 is 0 Å². The number of hydrogen-bond donors (Lipinski definition) is 1. The van der Waals surface area contributed by atoms with Crippen LogP contribution in [0.25, 0.3) is 0 Å². The number of amides is 1. The molecule has 2 aromatic carbocycles. The maximum Gasteiger partial charge on any atom is 0.234 e. The number of methoxy groups -OCH3 is 1. The standard InChI is InChI=1S/C23H23ClFN5O2S/c1-32-20-5-3-2-4-19(20)29-8-10-30(11-9-29)21-13-23(27-15-26-21)33-14-22(31)28-18-12-16(25)6-7-17(18)24/h2-7,12-13,15H,8-11,14H2,1H3,(H,28,31). The van der Waals surface area contributed by atoms with Crippen LogP contribution in [-0.4, -0.2) is 54.9 Å². The van der Waals surface area contributed by atoms with E-state index in [1.807, 2.05) is 24.3 Å². The van der Waals surface area contributed by atoms with Crippen molar-refractivity contribution in [2.45, 2.75) is 5.03 Å². The van der Waals surface area contributed by atoms with Gasteiger partial charge in [-0.2, -0.15) is 0 Å². The quantitative estimate of drug-likeness (QED) is 0.392. The van der Waals surface area contributed by atoms with Crippen LogP contribution in [0, 0.1) is 5.82 Å². The highest BCUT2D eigenvalue weighted by Crippen LogP contribution is 2.29. The summed E-state index contributed by atoms with van der Waals surface area (Å²) in [6.45, 7) is 3.28. The van der Waals surface area contributed by atoms with E-state index in [0.29, 0.717) is 5.03 Å². The SMILES string of the molecule is COc1ccccc1N1CCN(c2cc(SCC(=O)Nc3cc(F)ccc3Cl)ncn2)CC1. The first-order chi connectivity index (χ1) is 16.0. The molecular weight excluding hydrogens is 465 g/mol.